The number of aryl methyl sites for hydroxylation is 1. The minimum absolute atomic E-state index is 0.0385. The first-order chi connectivity index (χ1) is 10.1. The molecular weight excluding hydrogens is 264 g/mol. The molecule has 1 N–H and O–H groups in total. The molecule has 0 aromatic carbocycles. The largest absolute Gasteiger partial charge is 0.493 e. The molecule has 0 aliphatic heterocycles. The van der Waals surface area contributed by atoms with Crippen LogP contribution in [0.15, 0.2) is 24.5 Å². The first kappa shape index (κ1) is 15.5. The number of rotatable bonds is 6. The molecule has 0 aliphatic rings. The lowest BCUT2D eigenvalue weighted by Gasteiger charge is -2.22. The van der Waals surface area contributed by atoms with Gasteiger partial charge in [0.15, 0.2) is 5.75 Å². The van der Waals surface area contributed by atoms with E-state index in [0.717, 1.165) is 23.7 Å². The van der Waals surface area contributed by atoms with E-state index in [1.807, 2.05) is 23.9 Å². The number of aromatic nitrogens is 3. The lowest BCUT2D eigenvalue weighted by molar-refractivity contribution is 0.394. The summed E-state index contributed by atoms with van der Waals surface area (Å²) in [5, 5.41) is 8.00. The molecular formula is C16H24N4O. The van der Waals surface area contributed by atoms with Crippen molar-refractivity contribution >= 4 is 0 Å². The summed E-state index contributed by atoms with van der Waals surface area (Å²) < 4.78 is 7.53. The second-order valence-corrected chi connectivity index (χ2v) is 5.36. The average molecular weight is 288 g/mol. The van der Waals surface area contributed by atoms with Crippen LogP contribution in [0.4, 0.5) is 0 Å². The van der Waals surface area contributed by atoms with Gasteiger partial charge in [-0.2, -0.15) is 5.10 Å². The molecule has 2 aromatic rings. The summed E-state index contributed by atoms with van der Waals surface area (Å²) in [7, 11) is 1.69. The molecule has 2 heterocycles. The second-order valence-electron chi connectivity index (χ2n) is 5.36. The van der Waals surface area contributed by atoms with Crippen LogP contribution in [0.5, 0.6) is 5.75 Å². The summed E-state index contributed by atoms with van der Waals surface area (Å²) in [6, 6.07) is 4.45. The van der Waals surface area contributed by atoms with Crippen LogP contribution in [0.25, 0.3) is 0 Å². The average Bonchev–Trinajstić information content (AvgIpc) is 2.88. The van der Waals surface area contributed by atoms with Crippen molar-refractivity contribution in [3.63, 3.8) is 0 Å². The zero-order valence-electron chi connectivity index (χ0n) is 13.4. The molecule has 21 heavy (non-hydrogen) atoms. The van der Waals surface area contributed by atoms with Gasteiger partial charge in [-0.1, -0.05) is 6.92 Å². The Bertz CT molecular complexity index is 592. The van der Waals surface area contributed by atoms with Gasteiger partial charge in [0, 0.05) is 17.9 Å². The van der Waals surface area contributed by atoms with E-state index < -0.39 is 0 Å². The predicted molar refractivity (Wildman–Crippen MR) is 83.7 cm³/mol. The number of methoxy groups -OCH3 is 1. The molecule has 1 atom stereocenters. The van der Waals surface area contributed by atoms with Crippen LogP contribution in [0.2, 0.25) is 0 Å². The molecule has 0 amide bonds. The Hall–Kier alpha value is -1.88. The number of hydrogen-bond donors (Lipinski definition) is 1. The second kappa shape index (κ2) is 6.72. The highest BCUT2D eigenvalue weighted by molar-refractivity contribution is 5.36. The Kier molecular flexibility index (Phi) is 4.96. The third kappa shape index (κ3) is 3.24. The van der Waals surface area contributed by atoms with Gasteiger partial charge in [-0.3, -0.25) is 9.67 Å². The normalized spacial score (nSPS) is 12.7. The van der Waals surface area contributed by atoms with Crippen LogP contribution in [0.1, 0.15) is 49.8 Å². The minimum Gasteiger partial charge on any atom is -0.493 e. The van der Waals surface area contributed by atoms with Crippen molar-refractivity contribution in [1.82, 2.24) is 20.1 Å². The Morgan fingerprint density at radius 1 is 1.38 bits per heavy atom. The van der Waals surface area contributed by atoms with Gasteiger partial charge in [-0.15, -0.1) is 0 Å². The number of nitrogens with zero attached hydrogens (tertiary/aromatic N) is 3. The smallest absolute Gasteiger partial charge is 0.161 e. The lowest BCUT2D eigenvalue weighted by Crippen LogP contribution is -2.26. The van der Waals surface area contributed by atoms with Crippen molar-refractivity contribution < 1.29 is 4.74 Å². The van der Waals surface area contributed by atoms with Gasteiger partial charge in [0.05, 0.1) is 19.3 Å². The fraction of sp³-hybridized carbons (Fsp3) is 0.500. The van der Waals surface area contributed by atoms with E-state index in [0.29, 0.717) is 0 Å². The molecule has 2 aromatic heterocycles. The van der Waals surface area contributed by atoms with Crippen molar-refractivity contribution in [1.29, 1.82) is 0 Å². The number of pyridine rings is 1. The molecule has 0 saturated carbocycles. The van der Waals surface area contributed by atoms with Crippen molar-refractivity contribution in [3.8, 4) is 5.75 Å². The van der Waals surface area contributed by atoms with E-state index in [4.69, 9.17) is 4.74 Å². The van der Waals surface area contributed by atoms with E-state index in [2.05, 4.69) is 42.2 Å². The predicted octanol–water partition coefficient (Wildman–Crippen LogP) is 2.87. The Morgan fingerprint density at radius 3 is 2.71 bits per heavy atom. The Labute approximate surface area is 126 Å². The van der Waals surface area contributed by atoms with E-state index >= 15 is 0 Å². The maximum atomic E-state index is 5.52. The zero-order chi connectivity index (χ0) is 15.4. The van der Waals surface area contributed by atoms with Crippen LogP contribution in [-0.2, 0) is 0 Å². The summed E-state index contributed by atoms with van der Waals surface area (Å²) in [6.07, 6.45) is 3.63. The van der Waals surface area contributed by atoms with Crippen LogP contribution in [0, 0.1) is 6.92 Å². The molecule has 0 aliphatic carbocycles. The highest BCUT2D eigenvalue weighted by Crippen LogP contribution is 2.31. The van der Waals surface area contributed by atoms with Crippen molar-refractivity contribution in [2.24, 2.45) is 0 Å². The van der Waals surface area contributed by atoms with Crippen LogP contribution in [-0.4, -0.2) is 28.4 Å². The monoisotopic (exact) mass is 288 g/mol. The van der Waals surface area contributed by atoms with E-state index in [1.54, 1.807) is 13.3 Å². The standard InChI is InChI=1S/C16H24N4O/c1-6-17-15(13-7-8-18-12(4)9-13)16-14(21-5)10-19-20(16)11(2)3/h7-11,15,17H,6H2,1-5H3. The first-order valence-corrected chi connectivity index (χ1v) is 7.35. The molecule has 5 heteroatoms. The van der Waals surface area contributed by atoms with Gasteiger partial charge in [-0.05, 0) is 45.0 Å². The Morgan fingerprint density at radius 2 is 2.14 bits per heavy atom. The van der Waals surface area contributed by atoms with Gasteiger partial charge >= 0.3 is 0 Å². The summed E-state index contributed by atoms with van der Waals surface area (Å²) in [5.41, 5.74) is 3.23. The molecule has 0 saturated heterocycles. The van der Waals surface area contributed by atoms with Crippen LogP contribution < -0.4 is 10.1 Å². The summed E-state index contributed by atoms with van der Waals surface area (Å²) in [5.74, 6) is 0.809. The summed E-state index contributed by atoms with van der Waals surface area (Å²) in [4.78, 5) is 4.28. The molecule has 114 valence electrons. The lowest BCUT2D eigenvalue weighted by atomic mass is 10.0. The fourth-order valence-electron chi connectivity index (χ4n) is 2.52. The molecule has 0 fully saturated rings. The number of nitrogens with one attached hydrogen (secondary N) is 1. The maximum absolute atomic E-state index is 5.52. The van der Waals surface area contributed by atoms with E-state index in [-0.39, 0.29) is 12.1 Å². The molecule has 0 bridgehead atoms. The molecule has 5 nitrogen and oxygen atoms in total. The maximum Gasteiger partial charge on any atom is 0.161 e. The van der Waals surface area contributed by atoms with Crippen molar-refractivity contribution in [2.45, 2.75) is 39.8 Å². The minimum atomic E-state index is 0.0385. The van der Waals surface area contributed by atoms with Gasteiger partial charge in [-0.25, -0.2) is 0 Å². The third-order valence-corrected chi connectivity index (χ3v) is 3.44. The summed E-state index contributed by atoms with van der Waals surface area (Å²) >= 11 is 0. The van der Waals surface area contributed by atoms with Gasteiger partial charge in [0.1, 0.15) is 5.69 Å². The van der Waals surface area contributed by atoms with Gasteiger partial charge in [0.2, 0.25) is 0 Å². The fourth-order valence-corrected chi connectivity index (χ4v) is 2.52. The quantitative estimate of drug-likeness (QED) is 0.888. The van der Waals surface area contributed by atoms with Crippen LogP contribution in [0.3, 0.4) is 0 Å². The van der Waals surface area contributed by atoms with Crippen molar-refractivity contribution in [2.75, 3.05) is 13.7 Å². The SMILES string of the molecule is CCNC(c1ccnc(C)c1)c1c(OC)cnn1C(C)C. The number of hydrogen-bond acceptors (Lipinski definition) is 4. The van der Waals surface area contributed by atoms with Crippen LogP contribution >= 0.6 is 0 Å². The first-order valence-electron chi connectivity index (χ1n) is 7.35. The van der Waals surface area contributed by atoms with Gasteiger partial charge in [0.25, 0.3) is 0 Å². The zero-order valence-corrected chi connectivity index (χ0v) is 13.4. The molecule has 1 unspecified atom stereocenters. The molecule has 0 radical (unpaired) electrons. The highest BCUT2D eigenvalue weighted by atomic mass is 16.5. The number of ether oxygens (including phenoxy) is 1. The van der Waals surface area contributed by atoms with Gasteiger partial charge < -0.3 is 10.1 Å². The van der Waals surface area contributed by atoms with Crippen molar-refractivity contribution in [3.05, 3.63) is 41.5 Å². The topological polar surface area (TPSA) is 52.0 Å². The van der Waals surface area contributed by atoms with E-state index in [1.165, 1.54) is 5.56 Å². The molecule has 2 rings (SSSR count). The Balaban J connectivity index is 2.54. The highest BCUT2D eigenvalue weighted by Gasteiger charge is 2.24. The molecule has 0 spiro atoms. The third-order valence-electron chi connectivity index (χ3n) is 3.44. The van der Waals surface area contributed by atoms with E-state index in [9.17, 15) is 0 Å². The summed E-state index contributed by atoms with van der Waals surface area (Å²) in [6.45, 7) is 9.21.